The lowest BCUT2D eigenvalue weighted by molar-refractivity contribution is -0.0793. The fourth-order valence-corrected chi connectivity index (χ4v) is 4.41. The SMILES string of the molecule is N[C@@H]1c2c(ccc3c4ccccc4c4ccccc4c23)[C@@H](O)[C@H](O)[C@@H]1O. The van der Waals surface area contributed by atoms with Crippen molar-refractivity contribution in [2.45, 2.75) is 24.4 Å². The zero-order valence-corrected chi connectivity index (χ0v) is 14.0. The van der Waals surface area contributed by atoms with Gasteiger partial charge in [0.15, 0.2) is 0 Å². The number of rotatable bonds is 0. The number of fused-ring (bicyclic) bond motifs is 8. The van der Waals surface area contributed by atoms with Crippen LogP contribution >= 0.6 is 0 Å². The van der Waals surface area contributed by atoms with Crippen LogP contribution in [0.5, 0.6) is 0 Å². The van der Waals surface area contributed by atoms with Crippen LogP contribution in [0.15, 0.2) is 60.7 Å². The summed E-state index contributed by atoms with van der Waals surface area (Å²) in [6.07, 6.45) is -3.66. The van der Waals surface area contributed by atoms with Gasteiger partial charge in [-0.2, -0.15) is 0 Å². The van der Waals surface area contributed by atoms with E-state index >= 15 is 0 Å². The van der Waals surface area contributed by atoms with E-state index in [-0.39, 0.29) is 0 Å². The van der Waals surface area contributed by atoms with Crippen LogP contribution in [0, 0.1) is 0 Å². The molecule has 0 saturated carbocycles. The summed E-state index contributed by atoms with van der Waals surface area (Å²) in [5.41, 5.74) is 7.63. The van der Waals surface area contributed by atoms with E-state index in [1.54, 1.807) is 0 Å². The van der Waals surface area contributed by atoms with Gasteiger partial charge in [-0.25, -0.2) is 0 Å². The number of hydrogen-bond donors (Lipinski definition) is 4. The minimum absolute atomic E-state index is 0.586. The Kier molecular flexibility index (Phi) is 3.33. The molecule has 5 N–H and O–H groups in total. The van der Waals surface area contributed by atoms with E-state index in [4.69, 9.17) is 5.73 Å². The Labute approximate surface area is 150 Å². The maximum absolute atomic E-state index is 10.5. The van der Waals surface area contributed by atoms with Crippen molar-refractivity contribution in [1.29, 1.82) is 0 Å². The summed E-state index contributed by atoms with van der Waals surface area (Å²) in [5, 5.41) is 37.4. The monoisotopic (exact) mass is 345 g/mol. The van der Waals surface area contributed by atoms with Crippen molar-refractivity contribution < 1.29 is 15.3 Å². The number of aliphatic hydroxyl groups excluding tert-OH is 3. The number of hydrogen-bond acceptors (Lipinski definition) is 4. The lowest BCUT2D eigenvalue weighted by Gasteiger charge is -2.36. The van der Waals surface area contributed by atoms with Gasteiger partial charge in [-0.1, -0.05) is 60.7 Å². The van der Waals surface area contributed by atoms with Crippen LogP contribution in [0.4, 0.5) is 0 Å². The van der Waals surface area contributed by atoms with Crippen LogP contribution in [-0.2, 0) is 0 Å². The molecule has 0 radical (unpaired) electrons. The van der Waals surface area contributed by atoms with Crippen LogP contribution in [-0.4, -0.2) is 27.5 Å². The Bertz CT molecular complexity index is 1140. The molecule has 26 heavy (non-hydrogen) atoms. The van der Waals surface area contributed by atoms with Crippen molar-refractivity contribution in [3.8, 4) is 0 Å². The van der Waals surface area contributed by atoms with Crippen LogP contribution in [0.2, 0.25) is 0 Å². The molecule has 0 aromatic heterocycles. The molecule has 0 fully saturated rings. The fourth-order valence-electron chi connectivity index (χ4n) is 4.41. The summed E-state index contributed by atoms with van der Waals surface area (Å²) in [6.45, 7) is 0. The first-order valence-corrected chi connectivity index (χ1v) is 8.75. The average molecular weight is 345 g/mol. The van der Waals surface area contributed by atoms with E-state index in [0.717, 1.165) is 37.9 Å². The van der Waals surface area contributed by atoms with Crippen molar-refractivity contribution in [2.24, 2.45) is 5.73 Å². The molecule has 4 nitrogen and oxygen atoms in total. The quantitative estimate of drug-likeness (QED) is 0.369. The number of benzene rings is 4. The summed E-state index contributed by atoms with van der Waals surface area (Å²) < 4.78 is 0. The Balaban J connectivity index is 2.06. The highest BCUT2D eigenvalue weighted by Gasteiger charge is 2.40. The third-order valence-electron chi connectivity index (χ3n) is 5.68. The Hall–Kier alpha value is -2.50. The van der Waals surface area contributed by atoms with E-state index in [2.05, 4.69) is 18.2 Å². The van der Waals surface area contributed by atoms with Crippen molar-refractivity contribution in [3.05, 3.63) is 71.8 Å². The molecule has 1 aliphatic carbocycles. The van der Waals surface area contributed by atoms with Gasteiger partial charge < -0.3 is 21.1 Å². The predicted octanol–water partition coefficient (Wildman–Crippen LogP) is 2.91. The highest BCUT2D eigenvalue weighted by molar-refractivity contribution is 6.26. The van der Waals surface area contributed by atoms with Crippen LogP contribution < -0.4 is 5.73 Å². The van der Waals surface area contributed by atoms with Crippen LogP contribution in [0.1, 0.15) is 23.3 Å². The van der Waals surface area contributed by atoms with Crippen molar-refractivity contribution in [3.63, 3.8) is 0 Å². The van der Waals surface area contributed by atoms with Gasteiger partial charge in [0, 0.05) is 0 Å². The predicted molar refractivity (Wildman–Crippen MR) is 103 cm³/mol. The van der Waals surface area contributed by atoms with E-state index in [1.165, 1.54) is 0 Å². The molecule has 4 aromatic rings. The van der Waals surface area contributed by atoms with Gasteiger partial charge in [0.1, 0.15) is 18.3 Å². The van der Waals surface area contributed by atoms with Gasteiger partial charge in [0.25, 0.3) is 0 Å². The Morgan fingerprint density at radius 3 is 1.73 bits per heavy atom. The van der Waals surface area contributed by atoms with Gasteiger partial charge in [-0.3, -0.25) is 0 Å². The highest BCUT2D eigenvalue weighted by Crippen LogP contribution is 2.44. The van der Waals surface area contributed by atoms with E-state index in [1.807, 2.05) is 42.5 Å². The maximum atomic E-state index is 10.5. The summed E-state index contributed by atoms with van der Waals surface area (Å²) in [5.74, 6) is 0. The molecular weight excluding hydrogens is 326 g/mol. The second-order valence-electron chi connectivity index (χ2n) is 7.03. The third-order valence-corrected chi connectivity index (χ3v) is 5.68. The standard InChI is InChI=1S/C22H19NO3/c23-19-18-16(20(24)22(26)21(19)25)10-9-15-13-7-2-1-5-11(13)12-6-3-4-8-14(12)17(15)18/h1-10,19-22,24-26H,23H2/t19-,20-,21-,22+/m1/s1. The smallest absolute Gasteiger partial charge is 0.112 e. The lowest BCUT2D eigenvalue weighted by atomic mass is 9.78. The van der Waals surface area contributed by atoms with Crippen LogP contribution in [0.3, 0.4) is 0 Å². The number of nitrogens with two attached hydrogens (primary N) is 1. The second-order valence-corrected chi connectivity index (χ2v) is 7.03. The molecule has 0 bridgehead atoms. The maximum Gasteiger partial charge on any atom is 0.112 e. The minimum atomic E-state index is -1.29. The zero-order chi connectivity index (χ0) is 18.0. The van der Waals surface area contributed by atoms with E-state index in [0.29, 0.717) is 5.56 Å². The molecule has 1 aliphatic rings. The molecule has 4 aromatic carbocycles. The summed E-state index contributed by atoms with van der Waals surface area (Å²) in [4.78, 5) is 0. The molecule has 0 spiro atoms. The van der Waals surface area contributed by atoms with Gasteiger partial charge in [0.2, 0.25) is 0 Å². The molecule has 130 valence electrons. The van der Waals surface area contributed by atoms with Crippen LogP contribution in [0.25, 0.3) is 32.3 Å². The van der Waals surface area contributed by atoms with Crippen molar-refractivity contribution in [2.75, 3.05) is 0 Å². The molecule has 0 aliphatic heterocycles. The van der Waals surface area contributed by atoms with Gasteiger partial charge >= 0.3 is 0 Å². The van der Waals surface area contributed by atoms with E-state index < -0.39 is 24.4 Å². The van der Waals surface area contributed by atoms with Crippen molar-refractivity contribution in [1.82, 2.24) is 0 Å². The first-order valence-electron chi connectivity index (χ1n) is 8.75. The second kappa shape index (κ2) is 5.50. The Morgan fingerprint density at radius 2 is 1.12 bits per heavy atom. The van der Waals surface area contributed by atoms with Gasteiger partial charge in [-0.15, -0.1) is 0 Å². The summed E-state index contributed by atoms with van der Waals surface area (Å²) >= 11 is 0. The molecule has 0 heterocycles. The molecule has 0 amide bonds. The largest absolute Gasteiger partial charge is 0.388 e. The van der Waals surface area contributed by atoms with Gasteiger partial charge in [-0.05, 0) is 43.4 Å². The van der Waals surface area contributed by atoms with E-state index in [9.17, 15) is 15.3 Å². The Morgan fingerprint density at radius 1 is 0.615 bits per heavy atom. The zero-order valence-electron chi connectivity index (χ0n) is 14.0. The third kappa shape index (κ3) is 1.93. The topological polar surface area (TPSA) is 86.7 Å². The normalized spacial score (nSPS) is 25.7. The molecule has 5 rings (SSSR count). The fraction of sp³-hybridized carbons (Fsp3) is 0.182. The molecule has 4 heteroatoms. The van der Waals surface area contributed by atoms with Gasteiger partial charge in [0.05, 0.1) is 6.04 Å². The van der Waals surface area contributed by atoms with Crippen molar-refractivity contribution >= 4 is 32.3 Å². The lowest BCUT2D eigenvalue weighted by Crippen LogP contribution is -2.45. The first kappa shape index (κ1) is 15.7. The molecule has 0 saturated heterocycles. The molecular formula is C22H19NO3. The molecule has 4 atom stereocenters. The summed E-state index contributed by atoms with van der Waals surface area (Å²) in [7, 11) is 0. The summed E-state index contributed by atoms with van der Waals surface area (Å²) in [6, 6.07) is 19.3. The molecule has 0 unspecified atom stereocenters. The number of aliphatic hydroxyl groups is 3. The average Bonchev–Trinajstić information content (AvgIpc) is 2.70. The highest BCUT2D eigenvalue weighted by atomic mass is 16.4. The minimum Gasteiger partial charge on any atom is -0.388 e. The first-order chi connectivity index (χ1) is 12.6.